The molecule has 0 saturated heterocycles. The van der Waals surface area contributed by atoms with Gasteiger partial charge in [-0.1, -0.05) is 32.0 Å². The second-order valence-corrected chi connectivity index (χ2v) is 9.08. The third kappa shape index (κ3) is 5.24. The maximum Gasteiger partial charge on any atom is 0.408 e. The lowest BCUT2D eigenvalue weighted by Crippen LogP contribution is -2.55. The molecule has 0 saturated carbocycles. The van der Waals surface area contributed by atoms with Crippen molar-refractivity contribution >= 4 is 28.7 Å². The molecule has 2 heterocycles. The van der Waals surface area contributed by atoms with Crippen LogP contribution in [0.4, 0.5) is 10.5 Å². The van der Waals surface area contributed by atoms with Crippen LogP contribution in [0.15, 0.2) is 41.1 Å². The Bertz CT molecular complexity index is 1130. The summed E-state index contributed by atoms with van der Waals surface area (Å²) < 4.78 is 11.4. The third-order valence-electron chi connectivity index (χ3n) is 5.18. The summed E-state index contributed by atoms with van der Waals surface area (Å²) in [6.45, 7) is 11.1. The van der Waals surface area contributed by atoms with Crippen LogP contribution >= 0.6 is 0 Å². The van der Waals surface area contributed by atoms with Crippen molar-refractivity contribution in [2.24, 2.45) is 0 Å². The lowest BCUT2D eigenvalue weighted by atomic mass is 10.0. The van der Waals surface area contributed by atoms with Crippen LogP contribution in [0.3, 0.4) is 0 Å². The van der Waals surface area contributed by atoms with Crippen molar-refractivity contribution in [2.75, 3.05) is 5.32 Å². The second kappa shape index (κ2) is 9.48. The van der Waals surface area contributed by atoms with Gasteiger partial charge in [0.1, 0.15) is 11.8 Å². The molecule has 1 atom stereocenters. The van der Waals surface area contributed by atoms with E-state index >= 15 is 0 Å². The zero-order valence-electron chi connectivity index (χ0n) is 19.7. The van der Waals surface area contributed by atoms with E-state index in [1.54, 1.807) is 39.8 Å². The van der Waals surface area contributed by atoms with Crippen molar-refractivity contribution in [3.63, 3.8) is 0 Å². The molecule has 0 aliphatic rings. The number of rotatable bonds is 7. The van der Waals surface area contributed by atoms with Gasteiger partial charge in [-0.2, -0.15) is 0 Å². The number of ether oxygens (including phenoxy) is 1. The Hall–Kier alpha value is -3.62. The number of fused-ring (bicyclic) bond motifs is 1. The van der Waals surface area contributed by atoms with Gasteiger partial charge in [-0.05, 0) is 51.3 Å². The monoisotopic (exact) mass is 454 g/mol. The van der Waals surface area contributed by atoms with E-state index in [1.165, 1.54) is 11.1 Å². The van der Waals surface area contributed by atoms with E-state index in [-0.39, 0.29) is 5.92 Å². The van der Waals surface area contributed by atoms with Crippen molar-refractivity contribution in [1.29, 1.82) is 0 Å². The Morgan fingerprint density at radius 1 is 1.21 bits per heavy atom. The van der Waals surface area contributed by atoms with E-state index in [4.69, 9.17) is 9.26 Å². The van der Waals surface area contributed by atoms with Gasteiger partial charge in [-0.3, -0.25) is 9.69 Å². The molecule has 176 valence electrons. The summed E-state index contributed by atoms with van der Waals surface area (Å²) in [5, 5.41) is 17.3. The lowest BCUT2D eigenvalue weighted by molar-refractivity contribution is -0.122. The van der Waals surface area contributed by atoms with E-state index in [2.05, 4.69) is 15.5 Å². The summed E-state index contributed by atoms with van der Waals surface area (Å²) in [6, 6.07) is 7.93. The van der Waals surface area contributed by atoms with E-state index in [0.717, 1.165) is 11.1 Å². The fourth-order valence-corrected chi connectivity index (χ4v) is 3.69. The van der Waals surface area contributed by atoms with E-state index in [0.29, 0.717) is 29.3 Å². The number of anilines is 1. The number of nitrogens with one attached hydrogen (secondary N) is 1. The molecule has 0 unspecified atom stereocenters. The Morgan fingerprint density at radius 3 is 2.48 bits per heavy atom. The highest BCUT2D eigenvalue weighted by Gasteiger charge is 2.36. The van der Waals surface area contributed by atoms with Crippen LogP contribution in [0.25, 0.3) is 11.0 Å². The van der Waals surface area contributed by atoms with Gasteiger partial charge >= 0.3 is 6.09 Å². The zero-order chi connectivity index (χ0) is 24.3. The summed E-state index contributed by atoms with van der Waals surface area (Å²) in [5.41, 5.74) is 1.15. The summed E-state index contributed by atoms with van der Waals surface area (Å²) in [4.78, 5) is 30.1. The van der Waals surface area contributed by atoms with Crippen molar-refractivity contribution in [3.05, 3.63) is 42.2 Å². The number of hydrogen-bond acceptors (Lipinski definition) is 6. The highest BCUT2D eigenvalue weighted by atomic mass is 16.5. The van der Waals surface area contributed by atoms with Crippen LogP contribution in [0.5, 0.6) is 11.6 Å². The molecule has 2 amide bonds. The predicted octanol–water partition coefficient (Wildman–Crippen LogP) is 5.63. The van der Waals surface area contributed by atoms with Crippen molar-refractivity contribution in [1.82, 2.24) is 15.0 Å². The van der Waals surface area contributed by atoms with Crippen molar-refractivity contribution in [2.45, 2.75) is 65.5 Å². The van der Waals surface area contributed by atoms with Gasteiger partial charge in [0.2, 0.25) is 11.8 Å². The maximum atomic E-state index is 12.8. The third-order valence-corrected chi connectivity index (χ3v) is 5.18. The van der Waals surface area contributed by atoms with Gasteiger partial charge in [0.05, 0.1) is 23.0 Å². The first-order valence-corrected chi connectivity index (χ1v) is 10.9. The van der Waals surface area contributed by atoms with Gasteiger partial charge in [-0.25, -0.2) is 9.78 Å². The minimum absolute atomic E-state index is 0.159. The fraction of sp³-hybridized carbons (Fsp3) is 0.417. The number of carbonyl (C=O) groups excluding carboxylic acids is 1. The Kier molecular flexibility index (Phi) is 6.90. The average molecular weight is 455 g/mol. The normalized spacial score (nSPS) is 12.6. The SMILES string of the molecule is CC[C@H](C(=O)Nc1ccc(Oc2cccc3onc(C(C)C)c23)nc1)N(C(=O)O)C(C)(C)C. The maximum absolute atomic E-state index is 12.8. The number of carboxylic acid groups (broad SMARTS) is 1. The van der Waals surface area contributed by atoms with Gasteiger partial charge < -0.3 is 19.7 Å². The molecule has 9 heteroatoms. The van der Waals surface area contributed by atoms with E-state index < -0.39 is 23.6 Å². The predicted molar refractivity (Wildman–Crippen MR) is 125 cm³/mol. The number of carbonyl (C=O) groups is 2. The number of hydrogen-bond donors (Lipinski definition) is 2. The molecule has 2 aromatic heterocycles. The largest absolute Gasteiger partial charge is 0.465 e. The molecule has 0 aliphatic carbocycles. The Labute approximate surface area is 192 Å². The Morgan fingerprint density at radius 2 is 1.94 bits per heavy atom. The first kappa shape index (κ1) is 24.0. The number of nitrogens with zero attached hydrogens (tertiary/aromatic N) is 3. The zero-order valence-corrected chi connectivity index (χ0v) is 19.7. The summed E-state index contributed by atoms with van der Waals surface area (Å²) in [7, 11) is 0. The first-order chi connectivity index (χ1) is 15.5. The van der Waals surface area contributed by atoms with Gasteiger partial charge in [0, 0.05) is 11.6 Å². The molecular weight excluding hydrogens is 424 g/mol. The number of pyridine rings is 1. The van der Waals surface area contributed by atoms with Crippen molar-refractivity contribution < 1.29 is 24.0 Å². The van der Waals surface area contributed by atoms with E-state index in [1.807, 2.05) is 32.0 Å². The smallest absolute Gasteiger partial charge is 0.408 e. The van der Waals surface area contributed by atoms with Crippen LogP contribution in [0, 0.1) is 0 Å². The molecule has 3 aromatic rings. The molecule has 2 N–H and O–H groups in total. The first-order valence-electron chi connectivity index (χ1n) is 10.9. The number of aromatic nitrogens is 2. The van der Waals surface area contributed by atoms with Crippen LogP contribution in [0.2, 0.25) is 0 Å². The highest BCUT2D eigenvalue weighted by molar-refractivity contribution is 5.96. The summed E-state index contributed by atoms with van der Waals surface area (Å²) in [5.74, 6) is 0.660. The summed E-state index contributed by atoms with van der Waals surface area (Å²) in [6.07, 6.45) is 0.666. The van der Waals surface area contributed by atoms with Gasteiger partial charge in [-0.15, -0.1) is 0 Å². The Balaban J connectivity index is 1.77. The molecule has 0 aliphatic heterocycles. The minimum Gasteiger partial charge on any atom is -0.465 e. The van der Waals surface area contributed by atoms with Crippen molar-refractivity contribution in [3.8, 4) is 11.6 Å². The molecule has 33 heavy (non-hydrogen) atoms. The minimum atomic E-state index is -1.14. The fourth-order valence-electron chi connectivity index (χ4n) is 3.69. The quantitative estimate of drug-likeness (QED) is 0.475. The molecule has 1 aromatic carbocycles. The summed E-state index contributed by atoms with van der Waals surface area (Å²) >= 11 is 0. The van der Waals surface area contributed by atoms with Gasteiger partial charge in [0.25, 0.3) is 0 Å². The second-order valence-electron chi connectivity index (χ2n) is 9.08. The molecule has 0 fully saturated rings. The number of amides is 2. The molecule has 3 rings (SSSR count). The standard InChI is InChI=1S/C24H30N4O5/c1-7-16(28(23(30)31)24(4,5)6)22(29)26-15-11-12-19(25-13-15)32-17-9-8-10-18-20(17)21(14(2)3)27-33-18/h8-14,16H,7H2,1-6H3,(H,26,29)(H,30,31)/t16-/m1/s1. The highest BCUT2D eigenvalue weighted by Crippen LogP contribution is 2.35. The van der Waals surface area contributed by atoms with E-state index in [9.17, 15) is 14.7 Å². The molecule has 0 radical (unpaired) electrons. The molecule has 0 spiro atoms. The molecular formula is C24H30N4O5. The number of benzene rings is 1. The van der Waals surface area contributed by atoms with Gasteiger partial charge in [0.15, 0.2) is 5.58 Å². The molecule has 0 bridgehead atoms. The molecule has 9 nitrogen and oxygen atoms in total. The lowest BCUT2D eigenvalue weighted by Gasteiger charge is -2.38. The van der Waals surface area contributed by atoms with Crippen LogP contribution in [-0.2, 0) is 4.79 Å². The van der Waals surface area contributed by atoms with Crippen LogP contribution in [0.1, 0.15) is 59.6 Å². The van der Waals surface area contributed by atoms with Crippen LogP contribution in [-0.4, -0.2) is 43.7 Å². The average Bonchev–Trinajstić information content (AvgIpc) is 3.17. The van der Waals surface area contributed by atoms with Crippen LogP contribution < -0.4 is 10.1 Å². The topological polar surface area (TPSA) is 118 Å².